The molecule has 28 heavy (non-hydrogen) atoms. The molecule has 2 amide bonds. The molecule has 0 bridgehead atoms. The minimum atomic E-state index is -0.482. The molecular formula is C22H20FN3O2. The standard InChI is InChI=1S/C22H20FN3O2/c1-14-7-5-8-15(2)20(14)26-22(28)19-12-6-11-18(25-19)21(27)24-13-16-9-3-4-10-17(16)23/h3-12H,13H2,1-2H3,(H,24,27)(H,26,28). The summed E-state index contributed by atoms with van der Waals surface area (Å²) >= 11 is 0. The number of hydrogen-bond donors (Lipinski definition) is 2. The molecule has 0 aliphatic carbocycles. The molecule has 0 aliphatic rings. The zero-order valence-electron chi connectivity index (χ0n) is 15.6. The van der Waals surface area contributed by atoms with Gasteiger partial charge in [0.2, 0.25) is 0 Å². The van der Waals surface area contributed by atoms with E-state index in [1.165, 1.54) is 18.2 Å². The van der Waals surface area contributed by atoms with Crippen LogP contribution in [0, 0.1) is 19.7 Å². The van der Waals surface area contributed by atoms with Crippen molar-refractivity contribution in [2.24, 2.45) is 0 Å². The number of nitrogens with zero attached hydrogens (tertiary/aromatic N) is 1. The van der Waals surface area contributed by atoms with Crippen molar-refractivity contribution in [3.63, 3.8) is 0 Å². The number of aromatic nitrogens is 1. The van der Waals surface area contributed by atoms with Gasteiger partial charge in [-0.25, -0.2) is 9.37 Å². The Balaban J connectivity index is 1.72. The molecule has 1 heterocycles. The molecule has 5 nitrogen and oxygen atoms in total. The predicted octanol–water partition coefficient (Wildman–Crippen LogP) is 4.02. The number of rotatable bonds is 5. The van der Waals surface area contributed by atoms with Gasteiger partial charge in [0.1, 0.15) is 17.2 Å². The van der Waals surface area contributed by atoms with Gasteiger partial charge in [-0.1, -0.05) is 42.5 Å². The van der Waals surface area contributed by atoms with Crippen molar-refractivity contribution in [3.05, 3.63) is 94.6 Å². The molecule has 0 spiro atoms. The number of nitrogens with one attached hydrogen (secondary N) is 2. The van der Waals surface area contributed by atoms with Gasteiger partial charge in [0.25, 0.3) is 11.8 Å². The molecule has 2 N–H and O–H groups in total. The summed E-state index contributed by atoms with van der Waals surface area (Å²) in [4.78, 5) is 29.1. The van der Waals surface area contributed by atoms with Crippen LogP contribution in [0.25, 0.3) is 0 Å². The van der Waals surface area contributed by atoms with Crippen LogP contribution in [0.4, 0.5) is 10.1 Å². The minimum absolute atomic E-state index is 0.0337. The molecule has 0 radical (unpaired) electrons. The highest BCUT2D eigenvalue weighted by Gasteiger charge is 2.14. The van der Waals surface area contributed by atoms with Gasteiger partial charge in [-0.2, -0.15) is 0 Å². The predicted molar refractivity (Wildman–Crippen MR) is 106 cm³/mol. The number of pyridine rings is 1. The van der Waals surface area contributed by atoms with Gasteiger partial charge in [-0.3, -0.25) is 9.59 Å². The van der Waals surface area contributed by atoms with Crippen LogP contribution in [0.15, 0.2) is 60.7 Å². The highest BCUT2D eigenvalue weighted by Crippen LogP contribution is 2.20. The van der Waals surface area contributed by atoms with E-state index >= 15 is 0 Å². The summed E-state index contributed by atoms with van der Waals surface area (Å²) in [5.41, 5.74) is 3.19. The monoisotopic (exact) mass is 377 g/mol. The zero-order valence-corrected chi connectivity index (χ0v) is 15.6. The zero-order chi connectivity index (χ0) is 20.1. The molecule has 0 saturated carbocycles. The van der Waals surface area contributed by atoms with Gasteiger partial charge in [0, 0.05) is 17.8 Å². The van der Waals surface area contributed by atoms with E-state index in [2.05, 4.69) is 15.6 Å². The lowest BCUT2D eigenvalue weighted by Gasteiger charge is -2.11. The van der Waals surface area contributed by atoms with E-state index in [1.54, 1.807) is 24.3 Å². The number of aryl methyl sites for hydroxylation is 2. The Morgan fingerprint density at radius 3 is 2.14 bits per heavy atom. The summed E-state index contributed by atoms with van der Waals surface area (Å²) in [6.45, 7) is 3.84. The first-order valence-corrected chi connectivity index (χ1v) is 8.82. The third kappa shape index (κ3) is 4.40. The van der Waals surface area contributed by atoms with Crippen LogP contribution < -0.4 is 10.6 Å². The van der Waals surface area contributed by atoms with Crippen molar-refractivity contribution in [1.82, 2.24) is 10.3 Å². The Morgan fingerprint density at radius 1 is 0.857 bits per heavy atom. The van der Waals surface area contributed by atoms with E-state index in [1.807, 2.05) is 32.0 Å². The fourth-order valence-electron chi connectivity index (χ4n) is 2.78. The van der Waals surface area contributed by atoms with Crippen LogP contribution in [0.3, 0.4) is 0 Å². The Kier molecular flexibility index (Phi) is 5.79. The van der Waals surface area contributed by atoms with Crippen molar-refractivity contribution in [2.75, 3.05) is 5.32 Å². The van der Waals surface area contributed by atoms with Crippen molar-refractivity contribution < 1.29 is 14.0 Å². The third-order valence-electron chi connectivity index (χ3n) is 4.33. The van der Waals surface area contributed by atoms with Crippen LogP contribution in [-0.4, -0.2) is 16.8 Å². The van der Waals surface area contributed by atoms with Gasteiger partial charge in [-0.15, -0.1) is 0 Å². The lowest BCUT2D eigenvalue weighted by Crippen LogP contribution is -2.25. The number of anilines is 1. The fourth-order valence-corrected chi connectivity index (χ4v) is 2.78. The molecule has 1 aromatic heterocycles. The Bertz CT molecular complexity index is 1010. The number of para-hydroxylation sites is 1. The Morgan fingerprint density at radius 2 is 1.46 bits per heavy atom. The minimum Gasteiger partial charge on any atom is -0.347 e. The van der Waals surface area contributed by atoms with Gasteiger partial charge >= 0.3 is 0 Å². The van der Waals surface area contributed by atoms with E-state index in [0.29, 0.717) is 5.56 Å². The first kappa shape index (κ1) is 19.2. The van der Waals surface area contributed by atoms with Crippen molar-refractivity contribution >= 4 is 17.5 Å². The van der Waals surface area contributed by atoms with E-state index < -0.39 is 17.6 Å². The topological polar surface area (TPSA) is 71.1 Å². The quantitative estimate of drug-likeness (QED) is 0.705. The number of benzene rings is 2. The summed E-state index contributed by atoms with van der Waals surface area (Å²) in [7, 11) is 0. The third-order valence-corrected chi connectivity index (χ3v) is 4.33. The maximum atomic E-state index is 13.7. The summed E-state index contributed by atoms with van der Waals surface area (Å²) in [6, 6.07) is 16.6. The molecule has 6 heteroatoms. The number of carbonyl (C=O) groups excluding carboxylic acids is 2. The molecule has 0 unspecified atom stereocenters. The number of amides is 2. The largest absolute Gasteiger partial charge is 0.347 e. The van der Waals surface area contributed by atoms with E-state index in [-0.39, 0.29) is 17.9 Å². The smallest absolute Gasteiger partial charge is 0.274 e. The summed E-state index contributed by atoms with van der Waals surface area (Å²) in [5.74, 6) is -1.27. The van der Waals surface area contributed by atoms with Crippen LogP contribution in [-0.2, 0) is 6.54 Å². The first-order valence-electron chi connectivity index (χ1n) is 8.82. The maximum Gasteiger partial charge on any atom is 0.274 e. The summed E-state index contributed by atoms with van der Waals surface area (Å²) in [6.07, 6.45) is 0. The van der Waals surface area contributed by atoms with Crippen LogP contribution in [0.2, 0.25) is 0 Å². The fraction of sp³-hybridized carbons (Fsp3) is 0.136. The normalized spacial score (nSPS) is 10.4. The molecule has 2 aromatic carbocycles. The highest BCUT2D eigenvalue weighted by atomic mass is 19.1. The SMILES string of the molecule is Cc1cccc(C)c1NC(=O)c1cccc(C(=O)NCc2ccccc2F)n1. The molecule has 0 saturated heterocycles. The van der Waals surface area contributed by atoms with Gasteiger partial charge in [0.15, 0.2) is 0 Å². The van der Waals surface area contributed by atoms with Gasteiger partial charge < -0.3 is 10.6 Å². The molecule has 142 valence electrons. The van der Waals surface area contributed by atoms with Crippen LogP contribution in [0.5, 0.6) is 0 Å². The number of carbonyl (C=O) groups is 2. The van der Waals surface area contributed by atoms with E-state index in [9.17, 15) is 14.0 Å². The highest BCUT2D eigenvalue weighted by molar-refractivity contribution is 6.04. The van der Waals surface area contributed by atoms with Crippen molar-refractivity contribution in [3.8, 4) is 0 Å². The average Bonchev–Trinajstić information content (AvgIpc) is 2.70. The second-order valence-electron chi connectivity index (χ2n) is 6.40. The maximum absolute atomic E-state index is 13.7. The second kappa shape index (κ2) is 8.43. The van der Waals surface area contributed by atoms with E-state index in [4.69, 9.17) is 0 Å². The average molecular weight is 377 g/mol. The van der Waals surface area contributed by atoms with Crippen LogP contribution >= 0.6 is 0 Å². The molecule has 3 rings (SSSR count). The van der Waals surface area contributed by atoms with Crippen molar-refractivity contribution in [2.45, 2.75) is 20.4 Å². The molecule has 3 aromatic rings. The Hall–Kier alpha value is -3.54. The Labute approximate surface area is 162 Å². The molecular weight excluding hydrogens is 357 g/mol. The summed E-state index contributed by atoms with van der Waals surface area (Å²) < 4.78 is 13.7. The van der Waals surface area contributed by atoms with Crippen molar-refractivity contribution in [1.29, 1.82) is 0 Å². The second-order valence-corrected chi connectivity index (χ2v) is 6.40. The number of hydrogen-bond acceptors (Lipinski definition) is 3. The van der Waals surface area contributed by atoms with Crippen LogP contribution in [0.1, 0.15) is 37.7 Å². The first-order chi connectivity index (χ1) is 13.5. The van der Waals surface area contributed by atoms with Gasteiger partial charge in [-0.05, 0) is 43.2 Å². The number of halogens is 1. The van der Waals surface area contributed by atoms with Gasteiger partial charge in [0.05, 0.1) is 0 Å². The lowest BCUT2D eigenvalue weighted by molar-refractivity contribution is 0.0945. The lowest BCUT2D eigenvalue weighted by atomic mass is 10.1. The molecule has 0 atom stereocenters. The molecule has 0 fully saturated rings. The molecule has 0 aliphatic heterocycles. The van der Waals surface area contributed by atoms with E-state index in [0.717, 1.165) is 16.8 Å². The summed E-state index contributed by atoms with van der Waals surface area (Å²) in [5, 5.41) is 5.46.